The Bertz CT molecular complexity index is 1220. The molecule has 0 radical (unpaired) electrons. The maximum absolute atomic E-state index is 13.5. The zero-order valence-electron chi connectivity index (χ0n) is 22.0. The number of oxime groups is 1. The fourth-order valence-corrected chi connectivity index (χ4v) is 5.07. The molecule has 3 rings (SSSR count). The third-order valence-corrected chi connectivity index (χ3v) is 7.58. The van der Waals surface area contributed by atoms with Gasteiger partial charge >= 0.3 is 6.18 Å². The van der Waals surface area contributed by atoms with Gasteiger partial charge in [-0.1, -0.05) is 32.9 Å². The standard InChI is InChI=1S/C26H34F3N3O4S/c1-7-20(31-34)25(5,6)36-19-11-10-16(26(27,28)29)13-18(19)22(33)30-23-32(14-17-9-8-12-35-17)15-21(37-23)24(2,3)4/h10-11,13,15,17,34H,7-9,12,14H2,1-6H3/t17-/m1/s1. The van der Waals surface area contributed by atoms with Gasteiger partial charge in [-0.3, -0.25) is 4.79 Å². The number of amides is 1. The van der Waals surface area contributed by atoms with Gasteiger partial charge in [-0.2, -0.15) is 18.2 Å². The predicted octanol–water partition coefficient (Wildman–Crippen LogP) is 6.18. The molecule has 1 saturated heterocycles. The van der Waals surface area contributed by atoms with Crippen LogP contribution in [0.25, 0.3) is 0 Å². The average Bonchev–Trinajstić information content (AvgIpc) is 3.44. The zero-order chi connectivity index (χ0) is 27.6. The summed E-state index contributed by atoms with van der Waals surface area (Å²) in [7, 11) is 0. The molecule has 1 aromatic carbocycles. The molecule has 2 heterocycles. The highest BCUT2D eigenvalue weighted by Gasteiger charge is 2.34. The van der Waals surface area contributed by atoms with Gasteiger partial charge in [0.05, 0.1) is 29.5 Å². The highest BCUT2D eigenvalue weighted by molar-refractivity contribution is 7.09. The van der Waals surface area contributed by atoms with Gasteiger partial charge in [0.25, 0.3) is 5.91 Å². The second kappa shape index (κ2) is 11.0. The molecule has 0 spiro atoms. The Morgan fingerprint density at radius 1 is 1.24 bits per heavy atom. The second-order valence-electron chi connectivity index (χ2n) is 10.6. The second-order valence-corrected chi connectivity index (χ2v) is 11.6. The van der Waals surface area contributed by atoms with Crippen molar-refractivity contribution in [1.82, 2.24) is 4.57 Å². The first-order valence-electron chi connectivity index (χ1n) is 12.2. The Balaban J connectivity index is 2.11. The van der Waals surface area contributed by atoms with Crippen LogP contribution in [0.2, 0.25) is 0 Å². The van der Waals surface area contributed by atoms with Crippen molar-refractivity contribution in [3.8, 4) is 5.75 Å². The Hall–Kier alpha value is -2.66. The summed E-state index contributed by atoms with van der Waals surface area (Å²) in [6.45, 7) is 12.2. The van der Waals surface area contributed by atoms with Crippen molar-refractivity contribution >= 4 is 23.0 Å². The number of thiazole rings is 1. The minimum Gasteiger partial charge on any atom is -0.481 e. The van der Waals surface area contributed by atoms with Gasteiger partial charge in [0.2, 0.25) is 0 Å². The molecule has 1 aromatic heterocycles. The molecule has 1 aliphatic heterocycles. The number of carbonyl (C=O) groups excluding carboxylic acids is 1. The largest absolute Gasteiger partial charge is 0.481 e. The smallest absolute Gasteiger partial charge is 0.416 e. The molecule has 7 nitrogen and oxygen atoms in total. The van der Waals surface area contributed by atoms with Crippen molar-refractivity contribution in [2.75, 3.05) is 6.61 Å². The van der Waals surface area contributed by atoms with E-state index in [1.54, 1.807) is 20.8 Å². The van der Waals surface area contributed by atoms with E-state index in [1.807, 2.05) is 31.5 Å². The highest BCUT2D eigenvalue weighted by Crippen LogP contribution is 2.34. The number of benzene rings is 1. The molecule has 0 bridgehead atoms. The van der Waals surface area contributed by atoms with Gasteiger partial charge in [-0.05, 0) is 56.7 Å². The number of rotatable bonds is 7. The van der Waals surface area contributed by atoms with Crippen LogP contribution in [0, 0.1) is 0 Å². The van der Waals surface area contributed by atoms with Crippen LogP contribution in [0.15, 0.2) is 34.5 Å². The van der Waals surface area contributed by atoms with Gasteiger partial charge in [-0.25, -0.2) is 0 Å². The lowest BCUT2D eigenvalue weighted by Crippen LogP contribution is -2.38. The first-order valence-corrected chi connectivity index (χ1v) is 13.0. The molecule has 1 fully saturated rings. The van der Waals surface area contributed by atoms with Crippen LogP contribution in [0.1, 0.15) is 81.6 Å². The van der Waals surface area contributed by atoms with E-state index in [4.69, 9.17) is 9.47 Å². The molecule has 1 aliphatic rings. The summed E-state index contributed by atoms with van der Waals surface area (Å²) in [6.07, 6.45) is -0.581. The molecule has 11 heteroatoms. The molecule has 1 amide bonds. The summed E-state index contributed by atoms with van der Waals surface area (Å²) in [5.41, 5.74) is -2.44. The van der Waals surface area contributed by atoms with E-state index < -0.39 is 23.2 Å². The first kappa shape index (κ1) is 28.9. The lowest BCUT2D eigenvalue weighted by atomic mass is 9.95. The number of hydrogen-bond acceptors (Lipinski definition) is 6. The summed E-state index contributed by atoms with van der Waals surface area (Å²) in [4.78, 5) is 19.0. The summed E-state index contributed by atoms with van der Waals surface area (Å²) in [5, 5.41) is 12.6. The van der Waals surface area contributed by atoms with Crippen molar-refractivity contribution < 1.29 is 32.6 Å². The van der Waals surface area contributed by atoms with E-state index in [1.165, 1.54) is 11.3 Å². The minimum atomic E-state index is -4.66. The SMILES string of the molecule is CCC(=NO)C(C)(C)Oc1ccc(C(F)(F)F)cc1C(=O)N=c1sc(C(C)(C)C)cn1C[C@H]1CCCO1. The van der Waals surface area contributed by atoms with Gasteiger partial charge in [0, 0.05) is 17.7 Å². The molecular formula is C26H34F3N3O4S. The van der Waals surface area contributed by atoms with Crippen LogP contribution < -0.4 is 9.54 Å². The number of halogens is 3. The van der Waals surface area contributed by atoms with E-state index in [0.717, 1.165) is 35.9 Å². The minimum absolute atomic E-state index is 0.0186. The number of alkyl halides is 3. The van der Waals surface area contributed by atoms with E-state index in [9.17, 15) is 23.2 Å². The van der Waals surface area contributed by atoms with Crippen molar-refractivity contribution in [3.05, 3.63) is 45.2 Å². The van der Waals surface area contributed by atoms with E-state index in [-0.39, 0.29) is 28.5 Å². The van der Waals surface area contributed by atoms with Crippen LogP contribution in [-0.2, 0) is 22.9 Å². The predicted molar refractivity (Wildman–Crippen MR) is 136 cm³/mol. The quantitative estimate of drug-likeness (QED) is 0.258. The molecule has 0 unspecified atom stereocenters. The van der Waals surface area contributed by atoms with Gasteiger partial charge in [-0.15, -0.1) is 11.3 Å². The van der Waals surface area contributed by atoms with E-state index >= 15 is 0 Å². The van der Waals surface area contributed by atoms with Crippen molar-refractivity contribution in [2.24, 2.45) is 10.1 Å². The molecule has 1 N–H and O–H groups in total. The molecule has 37 heavy (non-hydrogen) atoms. The monoisotopic (exact) mass is 541 g/mol. The summed E-state index contributed by atoms with van der Waals surface area (Å²) in [6, 6.07) is 2.71. The Kier molecular flexibility index (Phi) is 8.58. The molecule has 0 saturated carbocycles. The van der Waals surface area contributed by atoms with Crippen LogP contribution >= 0.6 is 11.3 Å². The number of carbonyl (C=O) groups is 1. The van der Waals surface area contributed by atoms with Crippen LogP contribution in [-0.4, -0.2) is 39.7 Å². The first-order chi connectivity index (χ1) is 17.2. The van der Waals surface area contributed by atoms with Crippen molar-refractivity contribution in [3.63, 3.8) is 0 Å². The number of hydrogen-bond donors (Lipinski definition) is 1. The average molecular weight is 542 g/mol. The number of ether oxygens (including phenoxy) is 2. The Labute approximate surface area is 218 Å². The third-order valence-electron chi connectivity index (χ3n) is 6.13. The molecule has 0 aliphatic carbocycles. The third kappa shape index (κ3) is 7.01. The lowest BCUT2D eigenvalue weighted by Gasteiger charge is -2.27. The van der Waals surface area contributed by atoms with Crippen LogP contribution in [0.3, 0.4) is 0 Å². The fraction of sp³-hybridized carbons (Fsp3) is 0.577. The van der Waals surface area contributed by atoms with E-state index in [2.05, 4.69) is 10.1 Å². The Morgan fingerprint density at radius 2 is 1.95 bits per heavy atom. The van der Waals surface area contributed by atoms with Gasteiger partial charge in [0.15, 0.2) is 4.80 Å². The maximum atomic E-state index is 13.5. The van der Waals surface area contributed by atoms with Gasteiger partial charge < -0.3 is 19.2 Å². The topological polar surface area (TPSA) is 85.4 Å². The lowest BCUT2D eigenvalue weighted by molar-refractivity contribution is -0.137. The van der Waals surface area contributed by atoms with Crippen LogP contribution in [0.5, 0.6) is 5.75 Å². The van der Waals surface area contributed by atoms with Crippen LogP contribution in [0.4, 0.5) is 13.2 Å². The highest BCUT2D eigenvalue weighted by atomic mass is 32.1. The molecule has 2 aromatic rings. The maximum Gasteiger partial charge on any atom is 0.416 e. The van der Waals surface area contributed by atoms with Gasteiger partial charge in [0.1, 0.15) is 11.4 Å². The molecule has 204 valence electrons. The Morgan fingerprint density at radius 3 is 2.49 bits per heavy atom. The van der Waals surface area contributed by atoms with Crippen molar-refractivity contribution in [2.45, 2.75) is 90.6 Å². The normalized spacial score (nSPS) is 17.9. The summed E-state index contributed by atoms with van der Waals surface area (Å²) >= 11 is 1.32. The summed E-state index contributed by atoms with van der Waals surface area (Å²) in [5.74, 6) is -0.945. The molecular weight excluding hydrogens is 507 g/mol. The zero-order valence-corrected chi connectivity index (χ0v) is 22.8. The fourth-order valence-electron chi connectivity index (χ4n) is 4.01. The van der Waals surface area contributed by atoms with E-state index in [0.29, 0.717) is 24.4 Å². The number of nitrogens with zero attached hydrogens (tertiary/aromatic N) is 3. The summed E-state index contributed by atoms with van der Waals surface area (Å²) < 4.78 is 54.1. The molecule has 1 atom stereocenters. The van der Waals surface area contributed by atoms with Crippen molar-refractivity contribution in [1.29, 1.82) is 0 Å². The number of aromatic nitrogens is 1.